The number of ether oxygens (including phenoxy) is 1. The summed E-state index contributed by atoms with van der Waals surface area (Å²) < 4.78 is 6.27. The van der Waals surface area contributed by atoms with Gasteiger partial charge < -0.3 is 30.6 Å². The molecule has 2 fully saturated rings. The van der Waals surface area contributed by atoms with Crippen LogP contribution in [0.4, 0.5) is 0 Å². The number of benzene rings is 2. The van der Waals surface area contributed by atoms with E-state index in [1.807, 2.05) is 50.2 Å². The third-order valence-corrected chi connectivity index (χ3v) is 10.1. The van der Waals surface area contributed by atoms with Gasteiger partial charge >= 0.3 is 0 Å². The van der Waals surface area contributed by atoms with Crippen molar-refractivity contribution < 1.29 is 28.7 Å². The number of methoxy groups -OCH3 is 1. The first kappa shape index (κ1) is 33.1. The van der Waals surface area contributed by atoms with E-state index in [4.69, 9.17) is 4.74 Å². The van der Waals surface area contributed by atoms with E-state index in [1.165, 1.54) is 16.2 Å². The van der Waals surface area contributed by atoms with Crippen LogP contribution in [0.15, 0.2) is 48.5 Å². The van der Waals surface area contributed by atoms with Crippen LogP contribution >= 0.6 is 11.3 Å². The van der Waals surface area contributed by atoms with Gasteiger partial charge in [-0.3, -0.25) is 24.0 Å². The first-order valence-corrected chi connectivity index (χ1v) is 17.2. The molecule has 2 aromatic carbocycles. The number of hydrogen-bond acceptors (Lipinski definition) is 8. The first-order valence-electron chi connectivity index (χ1n) is 16.4. The molecule has 0 bridgehead atoms. The molecule has 2 aliphatic heterocycles. The Hall–Kier alpha value is -4.78. The average Bonchev–Trinajstić information content (AvgIpc) is 3.89. The zero-order valence-electron chi connectivity index (χ0n) is 27.2. The molecule has 12 nitrogen and oxygen atoms in total. The van der Waals surface area contributed by atoms with Gasteiger partial charge in [-0.2, -0.15) is 0 Å². The normalized spacial score (nSPS) is 19.0. The lowest BCUT2D eigenvalue weighted by molar-refractivity contribution is -0.140. The molecule has 2 aliphatic rings. The number of likely N-dealkylation sites (tertiary alicyclic amines) is 1. The highest BCUT2D eigenvalue weighted by Gasteiger charge is 2.40. The van der Waals surface area contributed by atoms with Gasteiger partial charge in [-0.25, -0.2) is 4.98 Å². The third kappa shape index (κ3) is 6.91. The number of nitrogens with zero attached hydrogens (tertiary/aromatic N) is 2. The molecule has 2 saturated heterocycles. The smallest absolute Gasteiger partial charge is 0.268 e. The lowest BCUT2D eigenvalue weighted by Crippen LogP contribution is -2.55. The summed E-state index contributed by atoms with van der Waals surface area (Å²) in [6.45, 7) is 4.78. The minimum Gasteiger partial charge on any atom is -0.496 e. The molecule has 0 unspecified atom stereocenters. The fourth-order valence-electron chi connectivity index (χ4n) is 6.64. The second kappa shape index (κ2) is 14.1. The van der Waals surface area contributed by atoms with Crippen molar-refractivity contribution in [1.29, 1.82) is 0 Å². The Morgan fingerprint density at radius 3 is 2.60 bits per heavy atom. The van der Waals surface area contributed by atoms with Crippen LogP contribution in [0.3, 0.4) is 0 Å². The number of H-pyrrole nitrogens is 1. The van der Waals surface area contributed by atoms with Crippen LogP contribution in [0.5, 0.6) is 5.75 Å². The highest BCUT2D eigenvalue weighted by atomic mass is 32.1. The maximum atomic E-state index is 14.1. The highest BCUT2D eigenvalue weighted by Crippen LogP contribution is 2.28. The Balaban J connectivity index is 1.20. The summed E-state index contributed by atoms with van der Waals surface area (Å²) in [5, 5.41) is 9.62. The summed E-state index contributed by atoms with van der Waals surface area (Å²) in [4.78, 5) is 76.9. The minimum absolute atomic E-state index is 0.0744. The molecule has 0 aliphatic carbocycles. The topological polar surface area (TPSA) is 163 Å². The number of ketones is 1. The molecule has 6 rings (SSSR count). The van der Waals surface area contributed by atoms with Gasteiger partial charge in [0, 0.05) is 29.9 Å². The van der Waals surface area contributed by atoms with Crippen LogP contribution in [0.25, 0.3) is 21.1 Å². The highest BCUT2D eigenvalue weighted by molar-refractivity contribution is 7.20. The average molecular weight is 673 g/mol. The quantitative estimate of drug-likeness (QED) is 0.166. The van der Waals surface area contributed by atoms with Crippen LogP contribution in [-0.4, -0.2) is 82.6 Å². The minimum atomic E-state index is -0.991. The molecule has 2 aromatic heterocycles. The van der Waals surface area contributed by atoms with Crippen molar-refractivity contribution in [3.63, 3.8) is 0 Å². The summed E-state index contributed by atoms with van der Waals surface area (Å²) in [6.07, 6.45) is 2.07. The number of rotatable bonds is 12. The Labute approximate surface area is 282 Å². The summed E-state index contributed by atoms with van der Waals surface area (Å²) in [5.41, 5.74) is 1.71. The number of thiazole rings is 1. The van der Waals surface area contributed by atoms with Crippen molar-refractivity contribution in [2.24, 2.45) is 11.8 Å². The van der Waals surface area contributed by atoms with Crippen LogP contribution in [0.2, 0.25) is 0 Å². The van der Waals surface area contributed by atoms with E-state index in [2.05, 4.69) is 25.9 Å². The molecular weight excluding hydrogens is 632 g/mol. The van der Waals surface area contributed by atoms with Crippen molar-refractivity contribution in [2.45, 2.75) is 64.1 Å². The summed E-state index contributed by atoms with van der Waals surface area (Å²) in [7, 11) is 1.56. The van der Waals surface area contributed by atoms with Gasteiger partial charge in [-0.15, -0.1) is 11.3 Å². The molecule has 4 atom stereocenters. The Morgan fingerprint density at radius 2 is 1.88 bits per heavy atom. The zero-order chi connectivity index (χ0) is 33.9. The molecule has 0 radical (unpaired) electrons. The number of fused-ring (bicyclic) bond motifs is 2. The maximum absolute atomic E-state index is 14.1. The zero-order valence-corrected chi connectivity index (χ0v) is 28.0. The molecule has 4 heterocycles. The summed E-state index contributed by atoms with van der Waals surface area (Å²) >= 11 is 1.25. The summed E-state index contributed by atoms with van der Waals surface area (Å²) in [6, 6.07) is 11.9. The van der Waals surface area contributed by atoms with E-state index in [0.717, 1.165) is 15.6 Å². The fraction of sp³-hybridized carbons (Fsp3) is 0.429. The fourth-order valence-corrected chi connectivity index (χ4v) is 7.60. The predicted octanol–water partition coefficient (Wildman–Crippen LogP) is 3.82. The molecule has 4 N–H and O–H groups in total. The molecule has 0 saturated carbocycles. The second-order valence-electron chi connectivity index (χ2n) is 12.9. The number of amides is 4. The molecule has 4 amide bonds. The van der Waals surface area contributed by atoms with Gasteiger partial charge in [0.25, 0.3) is 5.91 Å². The van der Waals surface area contributed by atoms with Crippen LogP contribution in [0, 0.1) is 11.8 Å². The van der Waals surface area contributed by atoms with E-state index < -0.39 is 35.9 Å². The number of nitrogens with one attached hydrogen (secondary N) is 4. The lowest BCUT2D eigenvalue weighted by atomic mass is 9.95. The van der Waals surface area contributed by atoms with Gasteiger partial charge in [-0.05, 0) is 68.4 Å². The van der Waals surface area contributed by atoms with Gasteiger partial charge in [0.05, 0.1) is 23.4 Å². The number of Topliss-reactive ketones (excluding diaryl/α,β-unsaturated/α-hetero) is 1. The van der Waals surface area contributed by atoms with Gasteiger partial charge in [0.2, 0.25) is 23.5 Å². The molecular formula is C35H40N6O6S. The maximum Gasteiger partial charge on any atom is 0.268 e. The second-order valence-corrected chi connectivity index (χ2v) is 13.9. The molecule has 48 heavy (non-hydrogen) atoms. The number of aromatic nitrogens is 2. The number of carbonyl (C=O) groups is 5. The van der Waals surface area contributed by atoms with E-state index >= 15 is 0 Å². The number of para-hydroxylation sites is 1. The number of carbonyl (C=O) groups excluding carboxylic acids is 5. The van der Waals surface area contributed by atoms with Gasteiger partial charge in [0.1, 0.15) is 23.5 Å². The standard InChI is InChI=1S/C35H40N6O6S/c1-19(2)16-26(39-32(44)25-18-21-22(37-25)9-6-11-28(21)47-3)35(46)41-15-7-10-27(41)33(45)38-24(17-20-13-14-36-31(20)43)30(42)34-40-23-8-4-5-12-29(23)48-34/h4-6,8-9,11-12,18-20,24,26-27,37H,7,10,13-17H2,1-3H3,(H,36,43)(H,38,45)(H,39,44)/t20-,24-,26-,27-/m0/s1. The summed E-state index contributed by atoms with van der Waals surface area (Å²) in [5.74, 6) is -1.50. The number of aromatic amines is 1. The predicted molar refractivity (Wildman–Crippen MR) is 182 cm³/mol. The van der Waals surface area contributed by atoms with E-state index in [-0.39, 0.29) is 34.9 Å². The third-order valence-electron chi connectivity index (χ3n) is 9.06. The molecule has 0 spiro atoms. The van der Waals surface area contributed by atoms with Gasteiger partial charge in [0.15, 0.2) is 5.01 Å². The van der Waals surface area contributed by atoms with Crippen molar-refractivity contribution in [2.75, 3.05) is 20.2 Å². The molecule has 13 heteroatoms. The van der Waals surface area contributed by atoms with Crippen molar-refractivity contribution in [3.8, 4) is 5.75 Å². The Morgan fingerprint density at radius 1 is 1.06 bits per heavy atom. The van der Waals surface area contributed by atoms with Gasteiger partial charge in [-0.1, -0.05) is 32.0 Å². The SMILES string of the molecule is COc1cccc2[nH]c(C(=O)N[C@@H](CC(C)C)C(=O)N3CCC[C@H]3C(=O)N[C@@H](C[C@@H]3CCNC3=O)C(=O)c3nc4ccccc4s3)cc12. The Kier molecular flexibility index (Phi) is 9.76. The first-order chi connectivity index (χ1) is 23.1. The van der Waals surface area contributed by atoms with Crippen molar-refractivity contribution in [3.05, 3.63) is 59.2 Å². The monoisotopic (exact) mass is 672 g/mol. The Bertz CT molecular complexity index is 1830. The van der Waals surface area contributed by atoms with E-state index in [0.29, 0.717) is 55.7 Å². The molecule has 4 aromatic rings. The van der Waals surface area contributed by atoms with Crippen LogP contribution in [-0.2, 0) is 14.4 Å². The number of hydrogen-bond donors (Lipinski definition) is 4. The van der Waals surface area contributed by atoms with E-state index in [1.54, 1.807) is 19.2 Å². The lowest BCUT2D eigenvalue weighted by Gasteiger charge is -2.30. The van der Waals surface area contributed by atoms with Crippen molar-refractivity contribution in [1.82, 2.24) is 30.8 Å². The van der Waals surface area contributed by atoms with Crippen molar-refractivity contribution >= 4 is 61.9 Å². The molecule has 252 valence electrons. The largest absolute Gasteiger partial charge is 0.496 e. The van der Waals surface area contributed by atoms with E-state index in [9.17, 15) is 24.0 Å². The van der Waals surface area contributed by atoms with Crippen LogP contribution < -0.4 is 20.7 Å². The van der Waals surface area contributed by atoms with Crippen LogP contribution in [0.1, 0.15) is 66.2 Å².